The van der Waals surface area contributed by atoms with Gasteiger partial charge in [-0.3, -0.25) is 13.9 Å². The van der Waals surface area contributed by atoms with Crippen molar-refractivity contribution >= 4 is 50.7 Å². The molecular formula is C31H37Cl2N3O4S. The van der Waals surface area contributed by atoms with Gasteiger partial charge in [0.25, 0.3) is 0 Å². The Bertz CT molecular complexity index is 1400. The van der Waals surface area contributed by atoms with Crippen LogP contribution in [0.15, 0.2) is 78.9 Å². The predicted molar refractivity (Wildman–Crippen MR) is 167 cm³/mol. The van der Waals surface area contributed by atoms with Crippen molar-refractivity contribution in [2.45, 2.75) is 58.2 Å². The first-order valence-corrected chi connectivity index (χ1v) is 16.2. The van der Waals surface area contributed by atoms with Crippen molar-refractivity contribution in [2.24, 2.45) is 0 Å². The summed E-state index contributed by atoms with van der Waals surface area (Å²) in [6, 6.07) is 22.4. The fourth-order valence-corrected chi connectivity index (χ4v) is 5.70. The predicted octanol–water partition coefficient (Wildman–Crippen LogP) is 6.09. The second-order valence-corrected chi connectivity index (χ2v) is 12.8. The van der Waals surface area contributed by atoms with E-state index in [9.17, 15) is 18.0 Å². The maximum atomic E-state index is 13.9. The zero-order valence-corrected chi connectivity index (χ0v) is 25.9. The minimum absolute atomic E-state index is 0.0337. The van der Waals surface area contributed by atoms with E-state index >= 15 is 0 Å². The lowest BCUT2D eigenvalue weighted by molar-refractivity contribution is -0.141. The van der Waals surface area contributed by atoms with E-state index in [-0.39, 0.29) is 43.8 Å². The second-order valence-electron chi connectivity index (χ2n) is 10.1. The van der Waals surface area contributed by atoms with Gasteiger partial charge < -0.3 is 10.2 Å². The molecule has 0 radical (unpaired) electrons. The van der Waals surface area contributed by atoms with Gasteiger partial charge in [0.15, 0.2) is 0 Å². The summed E-state index contributed by atoms with van der Waals surface area (Å²) >= 11 is 12.5. The highest BCUT2D eigenvalue weighted by molar-refractivity contribution is 7.92. The summed E-state index contributed by atoms with van der Waals surface area (Å²) in [6.45, 7) is 4.14. The molecule has 10 heteroatoms. The van der Waals surface area contributed by atoms with E-state index in [4.69, 9.17) is 23.2 Å². The van der Waals surface area contributed by atoms with Gasteiger partial charge in [0.1, 0.15) is 6.04 Å². The molecule has 3 aromatic carbocycles. The summed E-state index contributed by atoms with van der Waals surface area (Å²) in [5.74, 6) is -0.516. The molecule has 0 unspecified atom stereocenters. The van der Waals surface area contributed by atoms with Crippen molar-refractivity contribution in [3.63, 3.8) is 0 Å². The molecule has 7 nitrogen and oxygen atoms in total. The fraction of sp³-hybridized carbons (Fsp3) is 0.355. The lowest BCUT2D eigenvalue weighted by Gasteiger charge is -2.33. The Hall–Kier alpha value is -3.07. The summed E-state index contributed by atoms with van der Waals surface area (Å²) in [5.41, 5.74) is 2.10. The van der Waals surface area contributed by atoms with Crippen LogP contribution in [-0.4, -0.2) is 50.0 Å². The van der Waals surface area contributed by atoms with Crippen LogP contribution in [0.25, 0.3) is 0 Å². The number of halogens is 2. The van der Waals surface area contributed by atoms with Gasteiger partial charge in [-0.2, -0.15) is 0 Å². The van der Waals surface area contributed by atoms with Crippen molar-refractivity contribution in [1.82, 2.24) is 10.2 Å². The smallest absolute Gasteiger partial charge is 0.243 e. The summed E-state index contributed by atoms with van der Waals surface area (Å²) in [4.78, 5) is 29.1. The number of carbonyl (C=O) groups is 2. The number of sulfonamides is 1. The molecule has 220 valence electrons. The van der Waals surface area contributed by atoms with Gasteiger partial charge in [-0.15, -0.1) is 0 Å². The summed E-state index contributed by atoms with van der Waals surface area (Å²) < 4.78 is 26.4. The van der Waals surface area contributed by atoms with Crippen molar-refractivity contribution in [3.8, 4) is 0 Å². The molecule has 0 aliphatic carbocycles. The number of nitrogens with zero attached hydrogens (tertiary/aromatic N) is 2. The first-order valence-electron chi connectivity index (χ1n) is 13.6. The minimum atomic E-state index is -3.61. The molecule has 0 aromatic heterocycles. The van der Waals surface area contributed by atoms with Crippen LogP contribution in [0, 0.1) is 0 Å². The second kappa shape index (κ2) is 15.2. The summed E-state index contributed by atoms with van der Waals surface area (Å²) in [6.07, 6.45) is 2.47. The zero-order chi connectivity index (χ0) is 30.0. The molecular weight excluding hydrogens is 581 g/mol. The van der Waals surface area contributed by atoms with E-state index < -0.39 is 16.1 Å². The molecule has 0 heterocycles. The molecule has 0 saturated heterocycles. The number of benzene rings is 3. The average molecular weight is 619 g/mol. The number of rotatable bonds is 14. The number of anilines is 1. The SMILES string of the molecule is CC[C@@H](C)NC(=O)[C@H](Cc1ccccc1)N(Cc1ccccc1Cl)C(=O)CCCN(c1ccc(Cl)cc1)S(C)(=O)=O. The molecule has 3 aromatic rings. The highest BCUT2D eigenvalue weighted by atomic mass is 35.5. The van der Waals surface area contributed by atoms with Crippen molar-refractivity contribution < 1.29 is 18.0 Å². The topological polar surface area (TPSA) is 86.8 Å². The van der Waals surface area contributed by atoms with Crippen LogP contribution in [0.4, 0.5) is 5.69 Å². The van der Waals surface area contributed by atoms with E-state index in [2.05, 4.69) is 5.32 Å². The number of hydrogen-bond acceptors (Lipinski definition) is 4. The van der Waals surface area contributed by atoms with Crippen LogP contribution in [0.3, 0.4) is 0 Å². The van der Waals surface area contributed by atoms with Gasteiger partial charge in [-0.1, -0.05) is 78.7 Å². The normalized spacial score (nSPS) is 12.8. The fourth-order valence-electron chi connectivity index (χ4n) is 4.42. The Morgan fingerprint density at radius 2 is 1.56 bits per heavy atom. The van der Waals surface area contributed by atoms with Gasteiger partial charge in [0.2, 0.25) is 21.8 Å². The monoisotopic (exact) mass is 617 g/mol. The highest BCUT2D eigenvalue weighted by Gasteiger charge is 2.31. The van der Waals surface area contributed by atoms with Crippen LogP contribution in [0.2, 0.25) is 10.0 Å². The van der Waals surface area contributed by atoms with E-state index in [0.29, 0.717) is 22.2 Å². The third-order valence-corrected chi connectivity index (χ3v) is 8.65. The van der Waals surface area contributed by atoms with E-state index in [0.717, 1.165) is 23.8 Å². The third-order valence-electron chi connectivity index (χ3n) is 6.84. The Morgan fingerprint density at radius 3 is 2.17 bits per heavy atom. The zero-order valence-electron chi connectivity index (χ0n) is 23.6. The molecule has 0 aliphatic rings. The number of carbonyl (C=O) groups excluding carboxylic acids is 2. The Kier molecular flexibility index (Phi) is 12.1. The molecule has 2 atom stereocenters. The van der Waals surface area contributed by atoms with Crippen LogP contribution >= 0.6 is 23.2 Å². The quantitative estimate of drug-likeness (QED) is 0.237. The van der Waals surface area contributed by atoms with Crippen molar-refractivity contribution in [2.75, 3.05) is 17.1 Å². The van der Waals surface area contributed by atoms with Crippen molar-refractivity contribution in [3.05, 3.63) is 100 Å². The number of hydrogen-bond donors (Lipinski definition) is 1. The molecule has 0 bridgehead atoms. The first-order chi connectivity index (χ1) is 19.5. The number of amides is 2. The molecule has 3 rings (SSSR count). The van der Waals surface area contributed by atoms with Crippen molar-refractivity contribution in [1.29, 1.82) is 0 Å². The van der Waals surface area contributed by atoms with Crippen LogP contribution < -0.4 is 9.62 Å². The molecule has 0 saturated carbocycles. The standard InChI is InChI=1S/C31H37Cl2N3O4S/c1-4-23(2)34-31(38)29(21-24-11-6-5-7-12-24)35(22-25-13-8-9-14-28(25)33)30(37)15-10-20-36(41(3,39)40)27-18-16-26(32)17-19-27/h5-9,11-14,16-19,23,29H,4,10,15,20-22H2,1-3H3,(H,34,38)/t23-,29+/m1/s1. The van der Waals surface area contributed by atoms with E-state index in [1.54, 1.807) is 35.2 Å². The first kappa shape index (κ1) is 32.4. The van der Waals surface area contributed by atoms with E-state index in [1.165, 1.54) is 4.31 Å². The van der Waals surface area contributed by atoms with Crippen LogP contribution in [-0.2, 0) is 32.6 Å². The molecule has 2 amide bonds. The Balaban J connectivity index is 1.89. The lowest BCUT2D eigenvalue weighted by atomic mass is 10.0. The summed E-state index contributed by atoms with van der Waals surface area (Å²) in [5, 5.41) is 4.03. The minimum Gasteiger partial charge on any atom is -0.352 e. The molecule has 0 spiro atoms. The Morgan fingerprint density at radius 1 is 0.927 bits per heavy atom. The molecule has 0 fully saturated rings. The maximum Gasteiger partial charge on any atom is 0.243 e. The third kappa shape index (κ3) is 9.76. The van der Waals surface area contributed by atoms with Crippen LogP contribution in [0.1, 0.15) is 44.2 Å². The maximum absolute atomic E-state index is 13.9. The van der Waals surface area contributed by atoms with Gasteiger partial charge in [0, 0.05) is 42.0 Å². The van der Waals surface area contributed by atoms with Gasteiger partial charge in [-0.25, -0.2) is 8.42 Å². The largest absolute Gasteiger partial charge is 0.352 e. The summed E-state index contributed by atoms with van der Waals surface area (Å²) in [7, 11) is -3.61. The Labute approximate surface area is 253 Å². The number of nitrogens with one attached hydrogen (secondary N) is 1. The van der Waals surface area contributed by atoms with E-state index in [1.807, 2.05) is 62.4 Å². The molecule has 1 N–H and O–H groups in total. The lowest BCUT2D eigenvalue weighted by Crippen LogP contribution is -2.52. The molecule has 0 aliphatic heterocycles. The molecule has 41 heavy (non-hydrogen) atoms. The van der Waals surface area contributed by atoms with Gasteiger partial charge in [-0.05, 0) is 61.2 Å². The average Bonchev–Trinajstić information content (AvgIpc) is 2.94. The highest BCUT2D eigenvalue weighted by Crippen LogP contribution is 2.23. The van der Waals surface area contributed by atoms with Crippen LogP contribution in [0.5, 0.6) is 0 Å². The van der Waals surface area contributed by atoms with Gasteiger partial charge >= 0.3 is 0 Å². The van der Waals surface area contributed by atoms with Gasteiger partial charge in [0.05, 0.1) is 11.9 Å².